The molecular formula is C31H31ClN6O5S. The summed E-state index contributed by atoms with van der Waals surface area (Å²) in [5.74, 6) is -1.05. The molecule has 0 atom stereocenters. The number of carbonyl (C=O) groups excluding carboxylic acids is 2. The monoisotopic (exact) mass is 634 g/mol. The molecule has 44 heavy (non-hydrogen) atoms. The lowest BCUT2D eigenvalue weighted by Gasteiger charge is -2.24. The summed E-state index contributed by atoms with van der Waals surface area (Å²) in [6.45, 7) is 1.45. The van der Waals surface area contributed by atoms with Gasteiger partial charge in [-0.15, -0.1) is 12.4 Å². The Hall–Kier alpha value is -4.94. The largest absolute Gasteiger partial charge is 0.465 e. The van der Waals surface area contributed by atoms with Crippen molar-refractivity contribution < 1.29 is 22.7 Å². The maximum Gasteiger partial charge on any atom is 0.326 e. The van der Waals surface area contributed by atoms with Crippen LogP contribution < -0.4 is 15.4 Å². The van der Waals surface area contributed by atoms with Gasteiger partial charge in [-0.25, -0.2) is 8.42 Å². The summed E-state index contributed by atoms with van der Waals surface area (Å²) in [5.41, 5.74) is 8.45. The Labute approximate surface area is 260 Å². The zero-order valence-electron chi connectivity index (χ0n) is 24.0. The number of rotatable bonds is 10. The van der Waals surface area contributed by atoms with E-state index in [4.69, 9.17) is 15.9 Å². The molecule has 2 aromatic heterocycles. The Morgan fingerprint density at radius 1 is 1.07 bits per heavy atom. The number of carbonyl (C=O) groups is 2. The molecule has 4 N–H and O–H groups in total. The number of fused-ring (bicyclic) bond motifs is 2. The van der Waals surface area contributed by atoms with Crippen LogP contribution in [0.5, 0.6) is 0 Å². The van der Waals surface area contributed by atoms with Crippen LogP contribution in [0.1, 0.15) is 28.4 Å². The Kier molecular flexibility index (Phi) is 9.56. The molecule has 13 heteroatoms. The number of ether oxygens (including phenoxy) is 1. The van der Waals surface area contributed by atoms with Crippen LogP contribution in [-0.4, -0.2) is 48.8 Å². The van der Waals surface area contributed by atoms with E-state index in [0.717, 1.165) is 9.87 Å². The topological polar surface area (TPSA) is 160 Å². The number of amides is 1. The van der Waals surface area contributed by atoms with Crippen molar-refractivity contribution in [3.8, 4) is 0 Å². The summed E-state index contributed by atoms with van der Waals surface area (Å²) in [4.78, 5) is 30.0. The molecule has 0 aliphatic carbocycles. The molecule has 2 heterocycles. The highest BCUT2D eigenvalue weighted by Crippen LogP contribution is 2.31. The van der Waals surface area contributed by atoms with Gasteiger partial charge in [0.05, 0.1) is 28.9 Å². The highest BCUT2D eigenvalue weighted by atomic mass is 35.5. The van der Waals surface area contributed by atoms with Crippen LogP contribution >= 0.6 is 12.4 Å². The lowest BCUT2D eigenvalue weighted by Crippen LogP contribution is -2.36. The van der Waals surface area contributed by atoms with E-state index >= 15 is 0 Å². The number of aromatic nitrogens is 2. The van der Waals surface area contributed by atoms with Crippen molar-refractivity contribution in [1.29, 1.82) is 5.41 Å². The third-order valence-electron chi connectivity index (χ3n) is 6.97. The fourth-order valence-electron chi connectivity index (χ4n) is 4.83. The quantitative estimate of drug-likeness (QED) is 0.118. The van der Waals surface area contributed by atoms with Gasteiger partial charge in [0.15, 0.2) is 0 Å². The highest BCUT2D eigenvalue weighted by Gasteiger charge is 2.30. The maximum absolute atomic E-state index is 14.1. The molecule has 0 aliphatic rings. The van der Waals surface area contributed by atoms with Crippen LogP contribution in [0.3, 0.4) is 0 Å². The van der Waals surface area contributed by atoms with Gasteiger partial charge in [-0.3, -0.25) is 24.3 Å². The van der Waals surface area contributed by atoms with E-state index < -0.39 is 22.5 Å². The molecule has 0 saturated carbocycles. The summed E-state index contributed by atoms with van der Waals surface area (Å²) in [7, 11) is -2.52. The first-order chi connectivity index (χ1) is 20.6. The van der Waals surface area contributed by atoms with Crippen molar-refractivity contribution in [2.75, 3.05) is 17.5 Å². The normalized spacial score (nSPS) is 11.1. The molecule has 0 saturated heterocycles. The fraction of sp³-hybridized carbons (Fsp3) is 0.161. The van der Waals surface area contributed by atoms with Crippen LogP contribution in [0, 0.1) is 5.41 Å². The summed E-state index contributed by atoms with van der Waals surface area (Å²) in [6, 6.07) is 20.2. The zero-order chi connectivity index (χ0) is 30.7. The van der Waals surface area contributed by atoms with E-state index in [0.29, 0.717) is 27.4 Å². The van der Waals surface area contributed by atoms with Crippen molar-refractivity contribution in [3.63, 3.8) is 0 Å². The number of aryl methyl sites for hydroxylation is 1. The number of nitrogens with two attached hydrogens (primary N) is 1. The fourth-order valence-corrected chi connectivity index (χ4v) is 6.40. The van der Waals surface area contributed by atoms with E-state index in [-0.39, 0.29) is 53.4 Å². The minimum absolute atomic E-state index is 0. The average molecular weight is 635 g/mol. The molecule has 1 amide bonds. The van der Waals surface area contributed by atoms with E-state index in [2.05, 4.69) is 10.3 Å². The van der Waals surface area contributed by atoms with Gasteiger partial charge in [-0.2, -0.15) is 0 Å². The number of nitrogens with one attached hydrogen (secondary N) is 2. The summed E-state index contributed by atoms with van der Waals surface area (Å²) in [5, 5.41) is 11.7. The van der Waals surface area contributed by atoms with Crippen molar-refractivity contribution in [2.24, 2.45) is 12.8 Å². The summed E-state index contributed by atoms with van der Waals surface area (Å²) < 4.78 is 36.0. The molecule has 0 unspecified atom stereocenters. The van der Waals surface area contributed by atoms with Crippen LogP contribution in [0.2, 0.25) is 0 Å². The Morgan fingerprint density at radius 2 is 1.80 bits per heavy atom. The van der Waals surface area contributed by atoms with E-state index in [1.165, 1.54) is 12.3 Å². The predicted octanol–water partition coefficient (Wildman–Crippen LogP) is 4.12. The number of esters is 1. The minimum Gasteiger partial charge on any atom is -0.465 e. The number of hydrogen-bond donors (Lipinski definition) is 3. The SMILES string of the molecule is CCOC(=O)CN(c1ccc2c(C(=O)NCc3ccc(C(=N)N)cc3)cn(C)c2c1)S(=O)(=O)c1cccc2cccnc12.Cl. The van der Waals surface area contributed by atoms with Crippen LogP contribution in [-0.2, 0) is 33.1 Å². The van der Waals surface area contributed by atoms with Crippen LogP contribution in [0.25, 0.3) is 21.8 Å². The van der Waals surface area contributed by atoms with E-state index in [1.54, 1.807) is 91.5 Å². The van der Waals surface area contributed by atoms with Gasteiger partial charge in [-0.05, 0) is 42.8 Å². The Morgan fingerprint density at radius 3 is 2.50 bits per heavy atom. The number of anilines is 1. The highest BCUT2D eigenvalue weighted by molar-refractivity contribution is 7.93. The molecule has 5 aromatic rings. The first kappa shape index (κ1) is 32.0. The Balaban J connectivity index is 0.00000442. The van der Waals surface area contributed by atoms with Crippen LogP contribution in [0.15, 0.2) is 90.1 Å². The second-order valence-corrected chi connectivity index (χ2v) is 11.6. The van der Waals surface area contributed by atoms with Gasteiger partial charge in [-0.1, -0.05) is 42.5 Å². The molecule has 0 aliphatic heterocycles. The maximum atomic E-state index is 14.1. The summed E-state index contributed by atoms with van der Waals surface area (Å²) >= 11 is 0. The molecule has 228 valence electrons. The molecule has 11 nitrogen and oxygen atoms in total. The smallest absolute Gasteiger partial charge is 0.326 e. The van der Waals surface area contributed by atoms with E-state index in [9.17, 15) is 18.0 Å². The Bertz CT molecular complexity index is 1970. The molecule has 0 bridgehead atoms. The molecular weight excluding hydrogens is 604 g/mol. The number of halogens is 1. The van der Waals surface area contributed by atoms with Crippen molar-refractivity contribution in [3.05, 3.63) is 102 Å². The number of sulfonamides is 1. The summed E-state index contributed by atoms with van der Waals surface area (Å²) in [6.07, 6.45) is 3.18. The molecule has 0 fully saturated rings. The van der Waals surface area contributed by atoms with Gasteiger partial charge in [0.2, 0.25) is 0 Å². The average Bonchev–Trinajstić information content (AvgIpc) is 3.34. The number of amidine groups is 1. The zero-order valence-corrected chi connectivity index (χ0v) is 25.6. The number of pyridine rings is 1. The first-order valence-electron chi connectivity index (χ1n) is 13.4. The van der Waals surface area contributed by atoms with Gasteiger partial charge >= 0.3 is 5.97 Å². The number of nitrogen functional groups attached to an aromatic ring is 1. The molecule has 0 spiro atoms. The third kappa shape index (κ3) is 6.36. The van der Waals surface area contributed by atoms with Crippen molar-refractivity contribution in [1.82, 2.24) is 14.9 Å². The van der Waals surface area contributed by atoms with Gasteiger partial charge in [0, 0.05) is 42.3 Å². The second kappa shape index (κ2) is 13.1. The van der Waals surface area contributed by atoms with Gasteiger partial charge in [0.25, 0.3) is 15.9 Å². The predicted molar refractivity (Wildman–Crippen MR) is 172 cm³/mol. The molecule has 0 radical (unpaired) electrons. The van der Waals surface area contributed by atoms with Gasteiger partial charge < -0.3 is 20.4 Å². The van der Waals surface area contributed by atoms with Crippen molar-refractivity contribution >= 4 is 67.6 Å². The molecule has 5 rings (SSSR count). The van der Waals surface area contributed by atoms with Crippen molar-refractivity contribution in [2.45, 2.75) is 18.4 Å². The standard InChI is InChI=1S/C31H30N6O5S.ClH/c1-3-42-28(38)19-37(43(40,41)27-8-4-6-21-7-5-15-34-29(21)27)23-13-14-24-25(18-36(2)26(24)16-23)31(39)35-17-20-9-11-22(12-10-20)30(32)33;/h4-16,18H,3,17,19H2,1-2H3,(H3,32,33)(H,35,39);1H. The number of para-hydroxylation sites is 1. The van der Waals surface area contributed by atoms with Crippen LogP contribution in [0.4, 0.5) is 5.69 Å². The first-order valence-corrected chi connectivity index (χ1v) is 14.9. The third-order valence-corrected chi connectivity index (χ3v) is 8.77. The second-order valence-electron chi connectivity index (χ2n) is 9.80. The number of benzene rings is 3. The lowest BCUT2D eigenvalue weighted by molar-refractivity contribution is -0.141. The minimum atomic E-state index is -4.27. The number of hydrogen-bond acceptors (Lipinski definition) is 7. The number of nitrogens with zero attached hydrogens (tertiary/aromatic N) is 3. The van der Waals surface area contributed by atoms with E-state index in [1.807, 2.05) is 0 Å². The van der Waals surface area contributed by atoms with Gasteiger partial charge in [0.1, 0.15) is 17.3 Å². The molecule has 3 aromatic carbocycles. The lowest BCUT2D eigenvalue weighted by atomic mass is 10.1.